The lowest BCUT2D eigenvalue weighted by Crippen LogP contribution is -1.81. The van der Waals surface area contributed by atoms with E-state index in [-0.39, 0.29) is 0 Å². The van der Waals surface area contributed by atoms with Crippen LogP contribution in [0.3, 0.4) is 0 Å². The fourth-order valence-corrected chi connectivity index (χ4v) is 1.71. The first-order chi connectivity index (χ1) is 6.68. The van der Waals surface area contributed by atoms with Crippen LogP contribution in [0.5, 0.6) is 0 Å². The van der Waals surface area contributed by atoms with Crippen molar-refractivity contribution < 1.29 is 4.52 Å². The number of nitrogens with zero attached hydrogens (tertiary/aromatic N) is 1. The fraction of sp³-hybridized carbons (Fsp3) is 0.100. The van der Waals surface area contributed by atoms with E-state index in [1.54, 1.807) is 6.07 Å². The first-order valence-electron chi connectivity index (χ1n) is 4.16. The Morgan fingerprint density at radius 3 is 2.86 bits per heavy atom. The number of hydrogen-bond acceptors (Lipinski definition) is 3. The Hall–Kier alpha value is -1.29. The van der Waals surface area contributed by atoms with Crippen molar-refractivity contribution in [2.45, 2.75) is 6.92 Å². The number of rotatable bonds is 1. The third-order valence-corrected chi connectivity index (χ3v) is 3.04. The van der Waals surface area contributed by atoms with E-state index in [2.05, 4.69) is 21.1 Å². The molecule has 0 saturated heterocycles. The normalized spacial score (nSPS) is 10.4. The molecule has 0 saturated carbocycles. The summed E-state index contributed by atoms with van der Waals surface area (Å²) in [6, 6.07) is 7.65. The number of nitrogen functional groups attached to an aromatic ring is 1. The van der Waals surface area contributed by atoms with Crippen molar-refractivity contribution >= 4 is 21.7 Å². The van der Waals surface area contributed by atoms with Gasteiger partial charge < -0.3 is 10.3 Å². The van der Waals surface area contributed by atoms with Gasteiger partial charge in [0.15, 0.2) is 11.6 Å². The Kier molecular flexibility index (Phi) is 2.29. The van der Waals surface area contributed by atoms with Gasteiger partial charge in [0.1, 0.15) is 0 Å². The fourth-order valence-electron chi connectivity index (χ4n) is 1.25. The molecule has 0 fully saturated rings. The van der Waals surface area contributed by atoms with Gasteiger partial charge in [-0.2, -0.15) is 0 Å². The molecule has 4 heteroatoms. The Balaban J connectivity index is 2.57. The number of aromatic nitrogens is 1. The van der Waals surface area contributed by atoms with Crippen molar-refractivity contribution in [3.63, 3.8) is 0 Å². The Morgan fingerprint density at radius 1 is 1.43 bits per heavy atom. The van der Waals surface area contributed by atoms with Crippen molar-refractivity contribution in [3.05, 3.63) is 34.3 Å². The van der Waals surface area contributed by atoms with Crippen LogP contribution in [0.1, 0.15) is 5.56 Å². The molecule has 1 aromatic carbocycles. The average molecular weight is 253 g/mol. The van der Waals surface area contributed by atoms with E-state index in [1.807, 2.05) is 25.1 Å². The molecule has 0 atom stereocenters. The van der Waals surface area contributed by atoms with Gasteiger partial charge in [-0.05, 0) is 34.5 Å². The highest BCUT2D eigenvalue weighted by Crippen LogP contribution is 2.31. The zero-order chi connectivity index (χ0) is 10.1. The lowest BCUT2D eigenvalue weighted by molar-refractivity contribution is 0.435. The second-order valence-electron chi connectivity index (χ2n) is 3.05. The summed E-state index contributed by atoms with van der Waals surface area (Å²) < 4.78 is 6.09. The summed E-state index contributed by atoms with van der Waals surface area (Å²) in [6.07, 6.45) is 0. The second-order valence-corrected chi connectivity index (χ2v) is 3.85. The molecule has 3 nitrogen and oxygen atoms in total. The number of anilines is 1. The molecule has 1 aromatic heterocycles. The maximum absolute atomic E-state index is 5.48. The van der Waals surface area contributed by atoms with Gasteiger partial charge in [-0.1, -0.05) is 17.3 Å². The Labute approximate surface area is 90.0 Å². The van der Waals surface area contributed by atoms with E-state index in [4.69, 9.17) is 10.3 Å². The molecule has 0 unspecified atom stereocenters. The van der Waals surface area contributed by atoms with Gasteiger partial charge in [-0.15, -0.1) is 0 Å². The zero-order valence-electron chi connectivity index (χ0n) is 7.62. The average Bonchev–Trinajstić information content (AvgIpc) is 2.57. The summed E-state index contributed by atoms with van der Waals surface area (Å²) in [5, 5.41) is 3.65. The van der Waals surface area contributed by atoms with Gasteiger partial charge in [0.05, 0.1) is 0 Å². The molecule has 0 aliphatic heterocycles. The summed E-state index contributed by atoms with van der Waals surface area (Å²) in [6.45, 7) is 2.02. The predicted octanol–water partition coefficient (Wildman–Crippen LogP) is 2.99. The topological polar surface area (TPSA) is 52.0 Å². The lowest BCUT2D eigenvalue weighted by Gasteiger charge is -2.02. The van der Waals surface area contributed by atoms with Crippen molar-refractivity contribution in [3.8, 4) is 11.3 Å². The summed E-state index contributed by atoms with van der Waals surface area (Å²) in [4.78, 5) is 0. The van der Waals surface area contributed by atoms with E-state index in [0.29, 0.717) is 11.6 Å². The third kappa shape index (κ3) is 1.53. The molecule has 0 aliphatic carbocycles. The van der Waals surface area contributed by atoms with E-state index >= 15 is 0 Å². The second kappa shape index (κ2) is 3.46. The van der Waals surface area contributed by atoms with Crippen LogP contribution in [-0.4, -0.2) is 5.16 Å². The summed E-state index contributed by atoms with van der Waals surface area (Å²) >= 11 is 3.50. The standard InChI is InChI=1S/C10H9BrN2O/c1-6-3-2-4-7(10(6)11)8-5-9(12)13-14-8/h2-5H,1H3,(H2,12,13). The number of benzene rings is 1. The van der Waals surface area contributed by atoms with Crippen molar-refractivity contribution in [2.24, 2.45) is 0 Å². The minimum absolute atomic E-state index is 0.397. The minimum Gasteiger partial charge on any atom is -0.381 e. The highest BCUT2D eigenvalue weighted by molar-refractivity contribution is 9.10. The van der Waals surface area contributed by atoms with Gasteiger partial charge in [-0.3, -0.25) is 0 Å². The molecule has 0 aliphatic rings. The van der Waals surface area contributed by atoms with Crippen LogP contribution < -0.4 is 5.73 Å². The van der Waals surface area contributed by atoms with Crippen LogP contribution >= 0.6 is 15.9 Å². The maximum atomic E-state index is 5.48. The predicted molar refractivity (Wildman–Crippen MR) is 58.8 cm³/mol. The van der Waals surface area contributed by atoms with Gasteiger partial charge >= 0.3 is 0 Å². The van der Waals surface area contributed by atoms with Crippen LogP contribution in [0.2, 0.25) is 0 Å². The number of hydrogen-bond donors (Lipinski definition) is 1. The van der Waals surface area contributed by atoms with Crippen LogP contribution in [0, 0.1) is 6.92 Å². The summed E-state index contributed by atoms with van der Waals surface area (Å²) in [5.41, 5.74) is 7.60. The van der Waals surface area contributed by atoms with Gasteiger partial charge in [0.2, 0.25) is 0 Å². The molecule has 14 heavy (non-hydrogen) atoms. The Bertz CT molecular complexity index is 465. The molecule has 72 valence electrons. The van der Waals surface area contributed by atoms with E-state index in [0.717, 1.165) is 15.6 Å². The highest BCUT2D eigenvalue weighted by Gasteiger charge is 2.09. The van der Waals surface area contributed by atoms with E-state index < -0.39 is 0 Å². The number of halogens is 1. The molecule has 0 spiro atoms. The molecule has 2 N–H and O–H groups in total. The lowest BCUT2D eigenvalue weighted by atomic mass is 10.1. The van der Waals surface area contributed by atoms with Crippen molar-refractivity contribution in [1.82, 2.24) is 5.16 Å². The summed E-state index contributed by atoms with van der Waals surface area (Å²) in [5.74, 6) is 1.08. The molecular weight excluding hydrogens is 244 g/mol. The highest BCUT2D eigenvalue weighted by atomic mass is 79.9. The van der Waals surface area contributed by atoms with Gasteiger partial charge in [0.25, 0.3) is 0 Å². The molecule has 0 radical (unpaired) electrons. The molecule has 1 heterocycles. The number of nitrogens with two attached hydrogens (primary N) is 1. The zero-order valence-corrected chi connectivity index (χ0v) is 9.21. The van der Waals surface area contributed by atoms with Gasteiger partial charge in [-0.25, -0.2) is 0 Å². The monoisotopic (exact) mass is 252 g/mol. The smallest absolute Gasteiger partial charge is 0.170 e. The van der Waals surface area contributed by atoms with Crippen molar-refractivity contribution in [2.75, 3.05) is 5.73 Å². The minimum atomic E-state index is 0.397. The van der Waals surface area contributed by atoms with Crippen LogP contribution in [0.4, 0.5) is 5.82 Å². The summed E-state index contributed by atoms with van der Waals surface area (Å²) in [7, 11) is 0. The maximum Gasteiger partial charge on any atom is 0.170 e. The first-order valence-corrected chi connectivity index (χ1v) is 4.95. The Morgan fingerprint density at radius 2 is 2.21 bits per heavy atom. The number of aryl methyl sites for hydroxylation is 1. The van der Waals surface area contributed by atoms with E-state index in [9.17, 15) is 0 Å². The van der Waals surface area contributed by atoms with Crippen LogP contribution in [0.15, 0.2) is 33.3 Å². The SMILES string of the molecule is Cc1cccc(-c2cc(N)no2)c1Br. The first kappa shape index (κ1) is 9.27. The molecule has 2 rings (SSSR count). The molecule has 0 bridgehead atoms. The third-order valence-electron chi connectivity index (χ3n) is 1.99. The largest absolute Gasteiger partial charge is 0.381 e. The van der Waals surface area contributed by atoms with Crippen molar-refractivity contribution in [1.29, 1.82) is 0 Å². The molecule has 0 amide bonds. The van der Waals surface area contributed by atoms with E-state index in [1.165, 1.54) is 0 Å². The van der Waals surface area contributed by atoms with Crippen LogP contribution in [0.25, 0.3) is 11.3 Å². The van der Waals surface area contributed by atoms with Gasteiger partial charge in [0, 0.05) is 16.1 Å². The quantitative estimate of drug-likeness (QED) is 0.849. The molecule has 2 aromatic rings. The molecular formula is C10H9BrN2O. The van der Waals surface area contributed by atoms with Crippen LogP contribution in [-0.2, 0) is 0 Å².